The van der Waals surface area contributed by atoms with Crippen molar-refractivity contribution in [2.75, 3.05) is 37.6 Å². The predicted octanol–water partition coefficient (Wildman–Crippen LogP) is 2.95. The Morgan fingerprint density at radius 3 is 2.21 bits per heavy atom. The summed E-state index contributed by atoms with van der Waals surface area (Å²) < 4.78 is 2.14. The largest absolute Gasteiger partial charge is 0.339 e. The van der Waals surface area contributed by atoms with E-state index in [0.29, 0.717) is 6.54 Å². The van der Waals surface area contributed by atoms with Gasteiger partial charge in [0.1, 0.15) is 0 Å². The zero-order valence-electron chi connectivity index (χ0n) is 17.8. The second kappa shape index (κ2) is 8.78. The Hall–Kier alpha value is -2.34. The van der Waals surface area contributed by atoms with E-state index < -0.39 is 0 Å². The molecule has 6 nitrogen and oxygen atoms in total. The van der Waals surface area contributed by atoms with Crippen LogP contribution in [0.3, 0.4) is 0 Å². The van der Waals surface area contributed by atoms with E-state index in [2.05, 4.69) is 78.2 Å². The summed E-state index contributed by atoms with van der Waals surface area (Å²) >= 11 is 0. The Kier molecular flexibility index (Phi) is 6.39. The van der Waals surface area contributed by atoms with Crippen molar-refractivity contribution in [3.63, 3.8) is 0 Å². The monoisotopic (exact) mass is 383 g/mol. The molecule has 0 saturated carbocycles. The smallest absolute Gasteiger partial charge is 0.237 e. The Morgan fingerprint density at radius 1 is 1.04 bits per heavy atom. The molecule has 1 amide bonds. The number of nitrogens with zero attached hydrogens (tertiary/aromatic N) is 5. The molecule has 3 rings (SSSR count). The van der Waals surface area contributed by atoms with Gasteiger partial charge >= 0.3 is 0 Å². The first-order chi connectivity index (χ1) is 13.4. The van der Waals surface area contributed by atoms with Gasteiger partial charge in [-0.3, -0.25) is 14.3 Å². The van der Waals surface area contributed by atoms with E-state index in [-0.39, 0.29) is 18.0 Å². The molecule has 1 aromatic heterocycles. The van der Waals surface area contributed by atoms with Crippen LogP contribution in [0.2, 0.25) is 0 Å². The second-order valence-electron chi connectivity index (χ2n) is 8.18. The van der Waals surface area contributed by atoms with Crippen molar-refractivity contribution in [3.8, 4) is 5.69 Å². The zero-order chi connectivity index (χ0) is 20.3. The van der Waals surface area contributed by atoms with Gasteiger partial charge in [-0.05, 0) is 46.8 Å². The lowest BCUT2D eigenvalue weighted by Crippen LogP contribution is -2.52. The highest BCUT2D eigenvalue weighted by molar-refractivity contribution is 5.78. The molecule has 1 saturated heterocycles. The number of imidazole rings is 1. The van der Waals surface area contributed by atoms with Crippen molar-refractivity contribution in [2.45, 2.75) is 46.7 Å². The molecule has 0 spiro atoms. The molecule has 2 heterocycles. The molecule has 152 valence electrons. The molecule has 1 fully saturated rings. The van der Waals surface area contributed by atoms with Gasteiger partial charge in [-0.1, -0.05) is 17.7 Å². The van der Waals surface area contributed by atoms with E-state index >= 15 is 0 Å². The van der Waals surface area contributed by atoms with E-state index in [1.165, 1.54) is 5.56 Å². The van der Waals surface area contributed by atoms with Gasteiger partial charge in [0.15, 0.2) is 0 Å². The molecular formula is C22H33N5O. The predicted molar refractivity (Wildman–Crippen MR) is 114 cm³/mol. The standard InChI is InChI=1S/C22H33N5O/c1-17(2)27(18(3)4)21(28)16-24-12-14-25(15-13-24)22-23-10-11-26(22)20-8-6-19(5)7-9-20/h6-11,17-18H,12-16H2,1-5H3. The molecular weight excluding hydrogens is 350 g/mol. The van der Waals surface area contributed by atoms with Crippen molar-refractivity contribution >= 4 is 11.9 Å². The minimum Gasteiger partial charge on any atom is -0.339 e. The van der Waals surface area contributed by atoms with Crippen LogP contribution in [0.1, 0.15) is 33.3 Å². The molecule has 28 heavy (non-hydrogen) atoms. The SMILES string of the molecule is Cc1ccc(-n2ccnc2N2CCN(CC(=O)N(C(C)C)C(C)C)CC2)cc1. The minimum absolute atomic E-state index is 0.222. The number of carbonyl (C=O) groups excluding carboxylic acids is 1. The quantitative estimate of drug-likeness (QED) is 0.769. The van der Waals surface area contributed by atoms with Crippen LogP contribution in [-0.2, 0) is 4.79 Å². The van der Waals surface area contributed by atoms with Crippen LogP contribution >= 0.6 is 0 Å². The van der Waals surface area contributed by atoms with Crippen LogP contribution < -0.4 is 4.90 Å². The van der Waals surface area contributed by atoms with Crippen LogP contribution in [0.5, 0.6) is 0 Å². The number of aryl methyl sites for hydroxylation is 1. The fourth-order valence-corrected chi connectivity index (χ4v) is 3.99. The number of amides is 1. The normalized spacial score (nSPS) is 15.5. The van der Waals surface area contributed by atoms with Gasteiger partial charge < -0.3 is 9.80 Å². The van der Waals surface area contributed by atoms with E-state index in [0.717, 1.165) is 37.8 Å². The number of hydrogen-bond acceptors (Lipinski definition) is 4. The minimum atomic E-state index is 0.222. The number of anilines is 1. The summed E-state index contributed by atoms with van der Waals surface area (Å²) in [5.41, 5.74) is 2.38. The highest BCUT2D eigenvalue weighted by atomic mass is 16.2. The molecule has 1 aliphatic heterocycles. The van der Waals surface area contributed by atoms with Crippen LogP contribution in [0.15, 0.2) is 36.7 Å². The maximum atomic E-state index is 12.7. The average molecular weight is 384 g/mol. The molecule has 1 aliphatic rings. The molecule has 0 N–H and O–H groups in total. The van der Waals surface area contributed by atoms with Crippen molar-refractivity contribution < 1.29 is 4.79 Å². The highest BCUT2D eigenvalue weighted by Crippen LogP contribution is 2.20. The lowest BCUT2D eigenvalue weighted by atomic mass is 10.2. The summed E-state index contributed by atoms with van der Waals surface area (Å²) in [6.45, 7) is 14.4. The molecule has 0 radical (unpaired) electrons. The maximum Gasteiger partial charge on any atom is 0.237 e. The van der Waals surface area contributed by atoms with E-state index in [1.807, 2.05) is 17.3 Å². The molecule has 0 atom stereocenters. The fraction of sp³-hybridized carbons (Fsp3) is 0.545. The van der Waals surface area contributed by atoms with E-state index in [9.17, 15) is 4.79 Å². The number of carbonyl (C=O) groups is 1. The maximum absolute atomic E-state index is 12.7. The van der Waals surface area contributed by atoms with Gasteiger partial charge in [0.25, 0.3) is 0 Å². The van der Waals surface area contributed by atoms with Crippen LogP contribution in [0.4, 0.5) is 5.95 Å². The third-order valence-corrected chi connectivity index (χ3v) is 5.35. The molecule has 2 aromatic rings. The van der Waals surface area contributed by atoms with Gasteiger partial charge in [-0.25, -0.2) is 4.98 Å². The molecule has 0 bridgehead atoms. The highest BCUT2D eigenvalue weighted by Gasteiger charge is 2.26. The number of benzene rings is 1. The Bertz CT molecular complexity index is 764. The van der Waals surface area contributed by atoms with Gasteiger partial charge in [0, 0.05) is 56.3 Å². The first-order valence-corrected chi connectivity index (χ1v) is 10.3. The lowest BCUT2D eigenvalue weighted by molar-refractivity contribution is -0.136. The van der Waals surface area contributed by atoms with Crippen LogP contribution in [0, 0.1) is 6.92 Å². The van der Waals surface area contributed by atoms with Crippen LogP contribution in [-0.4, -0.2) is 70.1 Å². The second-order valence-corrected chi connectivity index (χ2v) is 8.18. The Morgan fingerprint density at radius 2 is 1.64 bits per heavy atom. The van der Waals surface area contributed by atoms with Gasteiger partial charge in [0.05, 0.1) is 6.54 Å². The summed E-state index contributed by atoms with van der Waals surface area (Å²) in [7, 11) is 0. The van der Waals surface area contributed by atoms with Crippen molar-refractivity contribution in [3.05, 3.63) is 42.2 Å². The molecule has 0 aliphatic carbocycles. The van der Waals surface area contributed by atoms with Crippen molar-refractivity contribution in [1.82, 2.24) is 19.4 Å². The zero-order valence-corrected chi connectivity index (χ0v) is 17.8. The third-order valence-electron chi connectivity index (χ3n) is 5.35. The molecule has 0 unspecified atom stereocenters. The summed E-state index contributed by atoms with van der Waals surface area (Å²) in [5.74, 6) is 1.19. The first-order valence-electron chi connectivity index (χ1n) is 10.3. The van der Waals surface area contributed by atoms with E-state index in [4.69, 9.17) is 0 Å². The van der Waals surface area contributed by atoms with Gasteiger partial charge in [-0.15, -0.1) is 0 Å². The summed E-state index contributed by atoms with van der Waals surface area (Å²) in [6.07, 6.45) is 3.87. The lowest BCUT2D eigenvalue weighted by Gasteiger charge is -2.37. The summed E-state index contributed by atoms with van der Waals surface area (Å²) in [6, 6.07) is 8.96. The fourth-order valence-electron chi connectivity index (χ4n) is 3.99. The van der Waals surface area contributed by atoms with Crippen molar-refractivity contribution in [1.29, 1.82) is 0 Å². The average Bonchev–Trinajstić information content (AvgIpc) is 3.12. The molecule has 6 heteroatoms. The number of hydrogen-bond donors (Lipinski definition) is 0. The van der Waals surface area contributed by atoms with Crippen LogP contribution in [0.25, 0.3) is 5.69 Å². The number of piperazine rings is 1. The van der Waals surface area contributed by atoms with Gasteiger partial charge in [-0.2, -0.15) is 0 Å². The van der Waals surface area contributed by atoms with Gasteiger partial charge in [0.2, 0.25) is 11.9 Å². The third kappa shape index (κ3) is 4.55. The summed E-state index contributed by atoms with van der Waals surface area (Å²) in [5, 5.41) is 0. The van der Waals surface area contributed by atoms with E-state index in [1.54, 1.807) is 0 Å². The Balaban J connectivity index is 1.61. The Labute approximate surface area is 168 Å². The van der Waals surface area contributed by atoms with Crippen molar-refractivity contribution in [2.24, 2.45) is 0 Å². The summed E-state index contributed by atoms with van der Waals surface area (Å²) in [4.78, 5) is 23.9. The number of aromatic nitrogens is 2. The number of rotatable bonds is 6. The first kappa shape index (κ1) is 20.4. The topological polar surface area (TPSA) is 44.6 Å². The molecule has 1 aromatic carbocycles.